The Morgan fingerprint density at radius 2 is 2.11 bits per heavy atom. The number of rotatable bonds is 3. The molecule has 5 rings (SSSR count). The van der Waals surface area contributed by atoms with Crippen LogP contribution >= 0.6 is 0 Å². The zero-order chi connectivity index (χ0) is 18.2. The SMILES string of the molecule is Cc1cccc(-c2nc(C3CCCNC3)[nH]c2-c2ccc3ncnn3c2)n1. The van der Waals surface area contributed by atoms with Gasteiger partial charge in [-0.3, -0.25) is 4.98 Å². The van der Waals surface area contributed by atoms with Gasteiger partial charge in [0.05, 0.1) is 11.4 Å². The minimum atomic E-state index is 0.395. The molecule has 4 aromatic rings. The number of hydrogen-bond acceptors (Lipinski definition) is 5. The smallest absolute Gasteiger partial charge is 0.155 e. The Kier molecular flexibility index (Phi) is 3.94. The molecule has 0 radical (unpaired) electrons. The number of nitrogens with zero attached hydrogens (tertiary/aromatic N) is 5. The lowest BCUT2D eigenvalue weighted by molar-refractivity contribution is 0.449. The summed E-state index contributed by atoms with van der Waals surface area (Å²) in [6.07, 6.45) is 5.86. The average molecular weight is 359 g/mol. The summed E-state index contributed by atoms with van der Waals surface area (Å²) in [5.41, 5.74) is 5.58. The molecule has 136 valence electrons. The second-order valence-electron chi connectivity index (χ2n) is 7.03. The summed E-state index contributed by atoms with van der Waals surface area (Å²) in [6, 6.07) is 10.1. The van der Waals surface area contributed by atoms with Crippen molar-refractivity contribution in [2.45, 2.75) is 25.7 Å². The van der Waals surface area contributed by atoms with E-state index in [0.717, 1.165) is 59.3 Å². The highest BCUT2D eigenvalue weighted by Crippen LogP contribution is 2.32. The summed E-state index contributed by atoms with van der Waals surface area (Å²) in [5, 5.41) is 7.74. The van der Waals surface area contributed by atoms with E-state index in [-0.39, 0.29) is 0 Å². The quantitative estimate of drug-likeness (QED) is 0.587. The number of hydrogen-bond donors (Lipinski definition) is 2. The molecule has 5 heterocycles. The Labute approximate surface area is 156 Å². The molecule has 0 amide bonds. The van der Waals surface area contributed by atoms with Crippen LogP contribution in [0.25, 0.3) is 28.3 Å². The van der Waals surface area contributed by atoms with Crippen LogP contribution < -0.4 is 5.32 Å². The molecule has 1 atom stereocenters. The normalized spacial score (nSPS) is 17.4. The third kappa shape index (κ3) is 3.00. The molecule has 0 bridgehead atoms. The van der Waals surface area contributed by atoms with E-state index >= 15 is 0 Å². The van der Waals surface area contributed by atoms with Crippen LogP contribution in [0.4, 0.5) is 0 Å². The van der Waals surface area contributed by atoms with E-state index in [4.69, 9.17) is 9.97 Å². The van der Waals surface area contributed by atoms with Crippen molar-refractivity contribution in [1.82, 2.24) is 34.9 Å². The van der Waals surface area contributed by atoms with Crippen molar-refractivity contribution >= 4 is 5.65 Å². The molecule has 1 fully saturated rings. The molecular weight excluding hydrogens is 338 g/mol. The van der Waals surface area contributed by atoms with Gasteiger partial charge in [0.25, 0.3) is 0 Å². The van der Waals surface area contributed by atoms with Gasteiger partial charge in [-0.1, -0.05) is 6.07 Å². The van der Waals surface area contributed by atoms with Crippen LogP contribution in [0.15, 0.2) is 42.9 Å². The van der Waals surface area contributed by atoms with Crippen molar-refractivity contribution in [2.75, 3.05) is 13.1 Å². The van der Waals surface area contributed by atoms with Gasteiger partial charge >= 0.3 is 0 Å². The second-order valence-corrected chi connectivity index (χ2v) is 7.03. The van der Waals surface area contributed by atoms with Crippen LogP contribution in [0.3, 0.4) is 0 Å². The van der Waals surface area contributed by atoms with Gasteiger partial charge < -0.3 is 10.3 Å². The molecule has 0 spiro atoms. The van der Waals surface area contributed by atoms with E-state index < -0.39 is 0 Å². The molecule has 7 nitrogen and oxygen atoms in total. The number of aromatic amines is 1. The van der Waals surface area contributed by atoms with E-state index in [1.54, 1.807) is 10.8 Å². The van der Waals surface area contributed by atoms with Crippen LogP contribution in [0.1, 0.15) is 30.3 Å². The van der Waals surface area contributed by atoms with Gasteiger partial charge in [0.2, 0.25) is 0 Å². The zero-order valence-electron chi connectivity index (χ0n) is 15.2. The highest BCUT2D eigenvalue weighted by molar-refractivity contribution is 5.77. The standard InChI is InChI=1S/C20H21N7/c1-13-4-2-6-16(24-13)19-18(15-7-8-17-22-12-23-27(17)11-15)25-20(26-19)14-5-3-9-21-10-14/h2,4,6-8,11-12,14,21H,3,5,9-10H2,1H3,(H,25,26). The lowest BCUT2D eigenvalue weighted by Crippen LogP contribution is -2.28. The summed E-state index contributed by atoms with van der Waals surface area (Å²) in [6.45, 7) is 4.04. The average Bonchev–Trinajstić information content (AvgIpc) is 3.35. The predicted octanol–water partition coefficient (Wildman–Crippen LogP) is 2.96. The molecule has 2 N–H and O–H groups in total. The summed E-state index contributed by atoms with van der Waals surface area (Å²) in [4.78, 5) is 17.5. The Morgan fingerprint density at radius 3 is 2.96 bits per heavy atom. The van der Waals surface area contributed by atoms with E-state index in [0.29, 0.717) is 5.92 Å². The monoisotopic (exact) mass is 359 g/mol. The topological polar surface area (TPSA) is 83.8 Å². The first-order valence-electron chi connectivity index (χ1n) is 9.32. The number of aryl methyl sites for hydroxylation is 1. The largest absolute Gasteiger partial charge is 0.341 e. The maximum absolute atomic E-state index is 4.99. The van der Waals surface area contributed by atoms with Crippen LogP contribution in [0.2, 0.25) is 0 Å². The summed E-state index contributed by atoms with van der Waals surface area (Å²) < 4.78 is 1.78. The molecule has 1 unspecified atom stereocenters. The predicted molar refractivity (Wildman–Crippen MR) is 103 cm³/mol. The Morgan fingerprint density at radius 1 is 1.15 bits per heavy atom. The summed E-state index contributed by atoms with van der Waals surface area (Å²) in [5.74, 6) is 1.42. The van der Waals surface area contributed by atoms with Crippen LogP contribution in [-0.4, -0.2) is 42.6 Å². The first-order valence-corrected chi connectivity index (χ1v) is 9.32. The highest BCUT2D eigenvalue weighted by atomic mass is 15.3. The van der Waals surface area contributed by atoms with E-state index in [9.17, 15) is 0 Å². The number of nitrogens with one attached hydrogen (secondary N) is 2. The van der Waals surface area contributed by atoms with Crippen molar-refractivity contribution in [3.05, 3.63) is 54.4 Å². The minimum Gasteiger partial charge on any atom is -0.341 e. The summed E-state index contributed by atoms with van der Waals surface area (Å²) in [7, 11) is 0. The number of imidazole rings is 1. The third-order valence-corrected chi connectivity index (χ3v) is 5.10. The number of fused-ring (bicyclic) bond motifs is 1. The van der Waals surface area contributed by atoms with Crippen molar-refractivity contribution in [1.29, 1.82) is 0 Å². The van der Waals surface area contributed by atoms with Crippen molar-refractivity contribution in [3.8, 4) is 22.6 Å². The van der Waals surface area contributed by atoms with Crippen molar-refractivity contribution in [3.63, 3.8) is 0 Å². The zero-order valence-corrected chi connectivity index (χ0v) is 15.2. The van der Waals surface area contributed by atoms with Gasteiger partial charge in [-0.25, -0.2) is 14.5 Å². The molecule has 4 aromatic heterocycles. The number of piperidine rings is 1. The lowest BCUT2D eigenvalue weighted by atomic mass is 9.99. The van der Waals surface area contributed by atoms with Crippen LogP contribution in [0, 0.1) is 6.92 Å². The molecule has 0 saturated carbocycles. The fraction of sp³-hybridized carbons (Fsp3) is 0.300. The van der Waals surface area contributed by atoms with E-state index in [1.165, 1.54) is 6.42 Å². The molecule has 1 saturated heterocycles. The van der Waals surface area contributed by atoms with Crippen molar-refractivity contribution < 1.29 is 0 Å². The first kappa shape index (κ1) is 16.1. The number of pyridine rings is 2. The van der Waals surface area contributed by atoms with E-state index in [1.807, 2.05) is 37.4 Å². The fourth-order valence-corrected chi connectivity index (χ4v) is 3.70. The molecule has 7 heteroatoms. The van der Waals surface area contributed by atoms with Crippen LogP contribution in [-0.2, 0) is 0 Å². The highest BCUT2D eigenvalue weighted by Gasteiger charge is 2.23. The molecule has 0 aliphatic carbocycles. The van der Waals surface area contributed by atoms with E-state index in [2.05, 4.69) is 26.4 Å². The maximum atomic E-state index is 4.99. The lowest BCUT2D eigenvalue weighted by Gasteiger charge is -2.20. The summed E-state index contributed by atoms with van der Waals surface area (Å²) >= 11 is 0. The Bertz CT molecular complexity index is 1090. The first-order chi connectivity index (χ1) is 13.3. The van der Waals surface area contributed by atoms with Crippen molar-refractivity contribution in [2.24, 2.45) is 0 Å². The second kappa shape index (κ2) is 6.59. The Hall–Kier alpha value is -3.06. The van der Waals surface area contributed by atoms with Crippen LogP contribution in [0.5, 0.6) is 0 Å². The van der Waals surface area contributed by atoms with Gasteiger partial charge in [0.15, 0.2) is 5.65 Å². The molecular formula is C20H21N7. The molecule has 1 aliphatic rings. The molecule has 27 heavy (non-hydrogen) atoms. The van der Waals surface area contributed by atoms with Gasteiger partial charge in [-0.2, -0.15) is 5.10 Å². The van der Waals surface area contributed by atoms with Gasteiger partial charge in [-0.15, -0.1) is 0 Å². The van der Waals surface area contributed by atoms with Gasteiger partial charge in [0.1, 0.15) is 17.8 Å². The van der Waals surface area contributed by atoms with Gasteiger partial charge in [-0.05, 0) is 50.6 Å². The third-order valence-electron chi connectivity index (χ3n) is 5.10. The molecule has 0 aromatic carbocycles. The minimum absolute atomic E-state index is 0.395. The fourth-order valence-electron chi connectivity index (χ4n) is 3.70. The molecule has 1 aliphatic heterocycles. The maximum Gasteiger partial charge on any atom is 0.155 e. The van der Waals surface area contributed by atoms with Gasteiger partial charge in [0, 0.05) is 29.9 Å². The number of aromatic nitrogens is 6. The number of H-pyrrole nitrogens is 1. The Balaban J connectivity index is 1.66.